The summed E-state index contributed by atoms with van der Waals surface area (Å²) in [7, 11) is -3.67. The van der Waals surface area contributed by atoms with Crippen LogP contribution < -0.4 is 5.32 Å². The fraction of sp³-hybridized carbons (Fsp3) is 0.500. The molecule has 0 spiro atoms. The van der Waals surface area contributed by atoms with Crippen LogP contribution in [0.2, 0.25) is 0 Å². The quantitative estimate of drug-likeness (QED) is 0.795. The molecule has 1 amide bonds. The molecule has 9 heteroatoms. The van der Waals surface area contributed by atoms with Gasteiger partial charge in [0.1, 0.15) is 5.82 Å². The fourth-order valence-corrected chi connectivity index (χ4v) is 6.56. The number of aromatic nitrogens is 1. The van der Waals surface area contributed by atoms with E-state index in [1.54, 1.807) is 11.3 Å². The van der Waals surface area contributed by atoms with Crippen LogP contribution in [0, 0.1) is 17.7 Å². The Labute approximate surface area is 174 Å². The zero-order valence-electron chi connectivity index (χ0n) is 16.2. The van der Waals surface area contributed by atoms with Crippen molar-refractivity contribution in [1.29, 1.82) is 0 Å². The first-order valence-corrected chi connectivity index (χ1v) is 12.1. The first kappa shape index (κ1) is 20.4. The largest absolute Gasteiger partial charge is 0.302 e. The molecule has 156 valence electrons. The fourth-order valence-electron chi connectivity index (χ4n) is 3.91. The normalized spacial score (nSPS) is 21.0. The lowest BCUT2D eigenvalue weighted by atomic mass is 9.93. The van der Waals surface area contributed by atoms with Crippen molar-refractivity contribution in [3.63, 3.8) is 0 Å². The maximum Gasteiger partial charge on any atom is 0.243 e. The number of nitrogens with zero attached hydrogens (tertiary/aromatic N) is 2. The molecule has 6 nitrogen and oxygen atoms in total. The van der Waals surface area contributed by atoms with Crippen molar-refractivity contribution in [3.05, 3.63) is 40.7 Å². The average Bonchev–Trinajstić information content (AvgIpc) is 3.09. The van der Waals surface area contributed by atoms with Crippen molar-refractivity contribution < 1.29 is 17.6 Å². The van der Waals surface area contributed by atoms with E-state index in [1.807, 2.05) is 0 Å². The molecule has 1 aromatic carbocycles. The van der Waals surface area contributed by atoms with Gasteiger partial charge >= 0.3 is 0 Å². The minimum absolute atomic E-state index is 0.0735. The van der Waals surface area contributed by atoms with Crippen molar-refractivity contribution >= 4 is 32.4 Å². The molecule has 2 aromatic rings. The Bertz CT molecular complexity index is 996. The van der Waals surface area contributed by atoms with Crippen LogP contribution in [0.5, 0.6) is 0 Å². The Morgan fingerprint density at radius 3 is 2.59 bits per heavy atom. The number of benzene rings is 1. The lowest BCUT2D eigenvalue weighted by Gasteiger charge is -2.30. The van der Waals surface area contributed by atoms with Crippen molar-refractivity contribution in [2.24, 2.45) is 11.8 Å². The number of carbonyl (C=O) groups is 1. The second-order valence-corrected chi connectivity index (χ2v) is 10.9. The Morgan fingerprint density at radius 1 is 1.21 bits per heavy atom. The molecule has 2 aliphatic rings. The summed E-state index contributed by atoms with van der Waals surface area (Å²) in [6.45, 7) is 2.77. The van der Waals surface area contributed by atoms with Crippen LogP contribution in [-0.4, -0.2) is 36.7 Å². The molecule has 1 aliphatic heterocycles. The second-order valence-electron chi connectivity index (χ2n) is 7.86. The molecule has 4 rings (SSSR count). The molecule has 1 atom stereocenters. The smallest absolute Gasteiger partial charge is 0.243 e. The van der Waals surface area contributed by atoms with E-state index in [-0.39, 0.29) is 29.8 Å². The van der Waals surface area contributed by atoms with E-state index in [9.17, 15) is 17.6 Å². The highest BCUT2D eigenvalue weighted by molar-refractivity contribution is 7.89. The lowest BCUT2D eigenvalue weighted by molar-refractivity contribution is -0.120. The first-order valence-electron chi connectivity index (χ1n) is 9.88. The number of hydrogen-bond acceptors (Lipinski definition) is 5. The topological polar surface area (TPSA) is 79.4 Å². The summed E-state index contributed by atoms with van der Waals surface area (Å²) in [5.41, 5.74) is 1.10. The van der Waals surface area contributed by atoms with Crippen molar-refractivity contribution in [2.45, 2.75) is 43.9 Å². The Hall–Kier alpha value is -1.84. The number of sulfonamides is 1. The van der Waals surface area contributed by atoms with Crippen LogP contribution in [0.25, 0.3) is 0 Å². The van der Waals surface area contributed by atoms with Gasteiger partial charge in [0.15, 0.2) is 5.13 Å². The third kappa shape index (κ3) is 4.36. The van der Waals surface area contributed by atoms with Crippen LogP contribution in [-0.2, 0) is 27.7 Å². The zero-order valence-corrected chi connectivity index (χ0v) is 17.9. The highest BCUT2D eigenvalue weighted by Crippen LogP contribution is 2.33. The van der Waals surface area contributed by atoms with Crippen molar-refractivity contribution in [1.82, 2.24) is 9.29 Å². The zero-order chi connectivity index (χ0) is 20.6. The molecule has 1 aliphatic carbocycles. The molecular formula is C20H24FN3O3S2. The van der Waals surface area contributed by atoms with E-state index >= 15 is 0 Å². The molecule has 1 aromatic heterocycles. The molecule has 2 heterocycles. The number of hydrogen-bond donors (Lipinski definition) is 1. The summed E-state index contributed by atoms with van der Waals surface area (Å²) in [6.07, 6.45) is 4.01. The third-order valence-electron chi connectivity index (χ3n) is 5.69. The average molecular weight is 438 g/mol. The summed E-state index contributed by atoms with van der Waals surface area (Å²) in [5, 5.41) is 3.58. The maximum atomic E-state index is 13.1. The Morgan fingerprint density at radius 2 is 1.90 bits per heavy atom. The van der Waals surface area contributed by atoms with Gasteiger partial charge in [0.05, 0.1) is 10.6 Å². The van der Waals surface area contributed by atoms with Gasteiger partial charge < -0.3 is 5.32 Å². The summed E-state index contributed by atoms with van der Waals surface area (Å²) < 4.78 is 39.8. The highest BCUT2D eigenvalue weighted by atomic mass is 32.2. The number of carbonyl (C=O) groups excluding carboxylic acids is 1. The number of amides is 1. The number of nitrogens with one attached hydrogen (secondary N) is 1. The van der Waals surface area contributed by atoms with Gasteiger partial charge in [0, 0.05) is 23.9 Å². The summed E-state index contributed by atoms with van der Waals surface area (Å²) >= 11 is 1.55. The molecule has 0 unspecified atom stereocenters. The predicted molar refractivity (Wildman–Crippen MR) is 110 cm³/mol. The number of halogens is 1. The minimum atomic E-state index is -3.67. The molecule has 1 saturated heterocycles. The molecule has 0 bridgehead atoms. The number of aryl methyl sites for hydroxylation is 1. The third-order valence-corrected chi connectivity index (χ3v) is 8.64. The maximum absolute atomic E-state index is 13.1. The van der Waals surface area contributed by atoms with Gasteiger partial charge in [-0.2, -0.15) is 4.31 Å². The van der Waals surface area contributed by atoms with Crippen LogP contribution in [0.15, 0.2) is 29.2 Å². The van der Waals surface area contributed by atoms with E-state index in [4.69, 9.17) is 0 Å². The summed E-state index contributed by atoms with van der Waals surface area (Å²) in [6, 6.07) is 4.83. The van der Waals surface area contributed by atoms with E-state index in [0.717, 1.165) is 37.1 Å². The SMILES string of the molecule is C[C@@H]1CCc2nc(NC(=O)C3CCN(S(=O)(=O)c4ccc(F)cc4)CC3)sc2C1. The number of rotatable bonds is 4. The Balaban J connectivity index is 1.36. The Kier molecular flexibility index (Phi) is 5.72. The second kappa shape index (κ2) is 8.12. The molecule has 0 saturated carbocycles. The summed E-state index contributed by atoms with van der Waals surface area (Å²) in [4.78, 5) is 18.6. The monoisotopic (exact) mass is 437 g/mol. The highest BCUT2D eigenvalue weighted by Gasteiger charge is 2.32. The van der Waals surface area contributed by atoms with Gasteiger partial charge in [0.2, 0.25) is 15.9 Å². The van der Waals surface area contributed by atoms with Gasteiger partial charge in [-0.05, 0) is 62.3 Å². The standard InChI is InChI=1S/C20H24FN3O3S2/c1-13-2-7-17-18(12-13)28-20(22-17)23-19(25)14-8-10-24(11-9-14)29(26,27)16-5-3-15(21)4-6-16/h3-6,13-14H,2,7-12H2,1H3,(H,22,23,25)/t13-/m1/s1. The van der Waals surface area contributed by atoms with Crippen LogP contribution in [0.1, 0.15) is 36.8 Å². The van der Waals surface area contributed by atoms with Crippen LogP contribution >= 0.6 is 11.3 Å². The van der Waals surface area contributed by atoms with E-state index < -0.39 is 15.8 Å². The van der Waals surface area contributed by atoms with E-state index in [0.29, 0.717) is 23.9 Å². The number of fused-ring (bicyclic) bond motifs is 1. The lowest BCUT2D eigenvalue weighted by Crippen LogP contribution is -2.41. The van der Waals surface area contributed by atoms with Gasteiger partial charge in [-0.1, -0.05) is 6.92 Å². The number of piperidine rings is 1. The molecule has 0 radical (unpaired) electrons. The molecule has 1 N–H and O–H groups in total. The first-order chi connectivity index (χ1) is 13.8. The van der Waals surface area contributed by atoms with Crippen molar-refractivity contribution in [2.75, 3.05) is 18.4 Å². The number of thiazole rings is 1. The summed E-state index contributed by atoms with van der Waals surface area (Å²) in [5.74, 6) is -0.158. The number of anilines is 1. The molecular weight excluding hydrogens is 413 g/mol. The van der Waals surface area contributed by atoms with Gasteiger partial charge in [-0.25, -0.2) is 17.8 Å². The van der Waals surface area contributed by atoms with E-state index in [1.165, 1.54) is 21.3 Å². The van der Waals surface area contributed by atoms with Crippen molar-refractivity contribution in [3.8, 4) is 0 Å². The van der Waals surface area contributed by atoms with Crippen LogP contribution in [0.4, 0.5) is 9.52 Å². The van der Waals surface area contributed by atoms with Crippen LogP contribution in [0.3, 0.4) is 0 Å². The molecule has 1 fully saturated rings. The van der Waals surface area contributed by atoms with Gasteiger partial charge in [-0.15, -0.1) is 11.3 Å². The predicted octanol–water partition coefficient (Wildman–Crippen LogP) is 3.45. The minimum Gasteiger partial charge on any atom is -0.302 e. The molecule has 29 heavy (non-hydrogen) atoms. The van der Waals surface area contributed by atoms with E-state index in [2.05, 4.69) is 17.2 Å². The van der Waals surface area contributed by atoms with Gasteiger partial charge in [-0.3, -0.25) is 4.79 Å². The van der Waals surface area contributed by atoms with Gasteiger partial charge in [0.25, 0.3) is 0 Å².